The average molecular weight is 446 g/mol. The van der Waals surface area contributed by atoms with Crippen LogP contribution in [-0.4, -0.2) is 40.5 Å². The number of carbonyl (C=O) groups is 1. The molecule has 2 fully saturated rings. The van der Waals surface area contributed by atoms with Crippen molar-refractivity contribution in [2.24, 2.45) is 0 Å². The van der Waals surface area contributed by atoms with Gasteiger partial charge in [-0.25, -0.2) is 0 Å². The Morgan fingerprint density at radius 3 is 2.75 bits per heavy atom. The van der Waals surface area contributed by atoms with Gasteiger partial charge in [0.25, 0.3) is 0 Å². The summed E-state index contributed by atoms with van der Waals surface area (Å²) in [5.41, 5.74) is 0.714. The Bertz CT molecular complexity index is 909. The lowest BCUT2D eigenvalue weighted by molar-refractivity contribution is -0.219. The fourth-order valence-electron chi connectivity index (χ4n) is 3.10. The van der Waals surface area contributed by atoms with Gasteiger partial charge in [-0.15, -0.1) is 10.2 Å². The van der Waals surface area contributed by atoms with E-state index < -0.39 is 36.4 Å². The quantitative estimate of drug-likeness (QED) is 0.703. The van der Waals surface area contributed by atoms with Crippen LogP contribution in [0.4, 0.5) is 10.8 Å². The fourth-order valence-corrected chi connectivity index (χ4v) is 4.23. The number of anilines is 2. The molecule has 11 heteroatoms. The van der Waals surface area contributed by atoms with Gasteiger partial charge in [-0.3, -0.25) is 4.79 Å². The topological polar surface area (TPSA) is 91.8 Å². The summed E-state index contributed by atoms with van der Waals surface area (Å²) in [4.78, 5) is 11.6. The lowest BCUT2D eigenvalue weighted by Crippen LogP contribution is -2.34. The number of nitrogens with zero attached hydrogens (tertiary/aromatic N) is 2. The van der Waals surface area contributed by atoms with Gasteiger partial charge in [-0.2, -0.15) is 0 Å². The molecule has 3 heterocycles. The Kier molecular flexibility index (Phi) is 5.24. The molecule has 0 radical (unpaired) electrons. The highest BCUT2D eigenvalue weighted by molar-refractivity contribution is 7.15. The summed E-state index contributed by atoms with van der Waals surface area (Å²) < 4.78 is 23.0. The SMILES string of the molecule is CC(=O)O[C@@H]1[C@H]2OC(C)(C)O[C@H]2O[C@@H]1c1nnc(Nc2ccc(Cl)c(Cl)c2)s1. The van der Waals surface area contributed by atoms with Gasteiger partial charge >= 0.3 is 5.97 Å². The summed E-state index contributed by atoms with van der Waals surface area (Å²) in [5, 5.41) is 13.4. The van der Waals surface area contributed by atoms with Crippen LogP contribution >= 0.6 is 34.5 Å². The summed E-state index contributed by atoms with van der Waals surface area (Å²) in [5.74, 6) is -1.26. The molecule has 0 aliphatic carbocycles. The van der Waals surface area contributed by atoms with Gasteiger partial charge in [-0.1, -0.05) is 34.5 Å². The molecule has 0 amide bonds. The molecule has 8 nitrogen and oxygen atoms in total. The molecule has 28 heavy (non-hydrogen) atoms. The number of fused-ring (bicyclic) bond motifs is 1. The van der Waals surface area contributed by atoms with Crippen LogP contribution in [0.1, 0.15) is 31.9 Å². The van der Waals surface area contributed by atoms with Crippen molar-refractivity contribution in [3.63, 3.8) is 0 Å². The van der Waals surface area contributed by atoms with E-state index >= 15 is 0 Å². The molecule has 4 rings (SSSR count). The molecule has 1 N–H and O–H groups in total. The molecule has 0 unspecified atom stereocenters. The van der Waals surface area contributed by atoms with Crippen molar-refractivity contribution in [2.75, 3.05) is 5.32 Å². The predicted molar refractivity (Wildman–Crippen MR) is 103 cm³/mol. The number of nitrogens with one attached hydrogen (secondary N) is 1. The van der Waals surface area contributed by atoms with E-state index in [1.807, 2.05) is 0 Å². The molecule has 0 saturated carbocycles. The zero-order valence-electron chi connectivity index (χ0n) is 15.1. The normalized spacial score (nSPS) is 28.2. The number of aromatic nitrogens is 2. The van der Waals surface area contributed by atoms with Gasteiger partial charge in [0, 0.05) is 12.6 Å². The van der Waals surface area contributed by atoms with Crippen LogP contribution in [0.2, 0.25) is 10.0 Å². The van der Waals surface area contributed by atoms with Crippen molar-refractivity contribution in [1.29, 1.82) is 0 Å². The third-order valence-electron chi connectivity index (χ3n) is 4.15. The summed E-state index contributed by atoms with van der Waals surface area (Å²) in [6.07, 6.45) is -2.52. The number of rotatable bonds is 4. The molecule has 1 aromatic heterocycles. The second kappa shape index (κ2) is 7.40. The van der Waals surface area contributed by atoms with Gasteiger partial charge in [0.15, 0.2) is 35.4 Å². The van der Waals surface area contributed by atoms with Crippen LogP contribution in [0.3, 0.4) is 0 Å². The van der Waals surface area contributed by atoms with Crippen molar-refractivity contribution in [3.05, 3.63) is 33.3 Å². The first kappa shape index (κ1) is 19.8. The van der Waals surface area contributed by atoms with Crippen molar-refractivity contribution < 1.29 is 23.7 Å². The molecule has 1 aromatic carbocycles. The van der Waals surface area contributed by atoms with E-state index in [-0.39, 0.29) is 0 Å². The van der Waals surface area contributed by atoms with Crippen LogP contribution in [0.5, 0.6) is 0 Å². The Balaban J connectivity index is 1.53. The Hall–Kier alpha value is -1.49. The largest absolute Gasteiger partial charge is 0.456 e. The monoisotopic (exact) mass is 445 g/mol. The van der Waals surface area contributed by atoms with Crippen molar-refractivity contribution in [3.8, 4) is 0 Å². The fraction of sp³-hybridized carbons (Fsp3) is 0.471. The average Bonchev–Trinajstić information content (AvgIpc) is 3.25. The number of hydrogen-bond donors (Lipinski definition) is 1. The van der Waals surface area contributed by atoms with Gasteiger partial charge in [-0.05, 0) is 32.0 Å². The van der Waals surface area contributed by atoms with E-state index in [9.17, 15) is 4.79 Å². The minimum absolute atomic E-state index is 0.426. The van der Waals surface area contributed by atoms with Crippen LogP contribution in [0.15, 0.2) is 18.2 Å². The summed E-state index contributed by atoms with van der Waals surface area (Å²) in [6.45, 7) is 4.89. The van der Waals surface area contributed by atoms with Crippen molar-refractivity contribution >= 4 is 51.3 Å². The predicted octanol–water partition coefficient (Wildman–Crippen LogP) is 4.07. The van der Waals surface area contributed by atoms with Gasteiger partial charge in [0.2, 0.25) is 5.13 Å². The summed E-state index contributed by atoms with van der Waals surface area (Å²) >= 11 is 13.2. The van der Waals surface area contributed by atoms with E-state index in [0.29, 0.717) is 25.9 Å². The molecule has 2 saturated heterocycles. The zero-order chi connectivity index (χ0) is 20.1. The highest BCUT2D eigenvalue weighted by Crippen LogP contribution is 2.45. The zero-order valence-corrected chi connectivity index (χ0v) is 17.5. The second-order valence-corrected chi connectivity index (χ2v) is 8.62. The molecule has 150 valence electrons. The maximum atomic E-state index is 11.6. The van der Waals surface area contributed by atoms with E-state index in [1.165, 1.54) is 18.3 Å². The number of carbonyl (C=O) groups excluding carboxylic acids is 1. The lowest BCUT2D eigenvalue weighted by Gasteiger charge is -2.24. The lowest BCUT2D eigenvalue weighted by atomic mass is 10.1. The maximum Gasteiger partial charge on any atom is 0.303 e. The number of hydrogen-bond acceptors (Lipinski definition) is 9. The number of benzene rings is 1. The van der Waals surface area contributed by atoms with E-state index in [1.54, 1.807) is 32.0 Å². The first-order chi connectivity index (χ1) is 13.2. The Morgan fingerprint density at radius 1 is 1.25 bits per heavy atom. The van der Waals surface area contributed by atoms with Crippen molar-refractivity contribution in [1.82, 2.24) is 10.2 Å². The van der Waals surface area contributed by atoms with Crippen LogP contribution < -0.4 is 5.32 Å². The second-order valence-electron chi connectivity index (χ2n) is 6.80. The van der Waals surface area contributed by atoms with E-state index in [0.717, 1.165) is 0 Å². The van der Waals surface area contributed by atoms with Crippen LogP contribution in [-0.2, 0) is 23.7 Å². The highest BCUT2D eigenvalue weighted by atomic mass is 35.5. The summed E-state index contributed by atoms with van der Waals surface area (Å²) in [7, 11) is 0. The number of esters is 1. The molecule has 2 aliphatic heterocycles. The highest BCUT2D eigenvalue weighted by Gasteiger charge is 2.57. The molecule has 0 spiro atoms. The van der Waals surface area contributed by atoms with Crippen LogP contribution in [0, 0.1) is 0 Å². The molecule has 0 bridgehead atoms. The Labute approximate surface area is 175 Å². The van der Waals surface area contributed by atoms with Crippen molar-refractivity contribution in [2.45, 2.75) is 51.2 Å². The molecule has 2 aliphatic rings. The van der Waals surface area contributed by atoms with E-state index in [4.69, 9.17) is 42.1 Å². The minimum atomic E-state index is -0.819. The molecule has 4 atom stereocenters. The van der Waals surface area contributed by atoms with Gasteiger partial charge < -0.3 is 24.3 Å². The minimum Gasteiger partial charge on any atom is -0.456 e. The Morgan fingerprint density at radius 2 is 2.04 bits per heavy atom. The first-order valence-electron chi connectivity index (χ1n) is 8.46. The molecular formula is C17H17Cl2N3O5S. The maximum absolute atomic E-state index is 11.6. The van der Waals surface area contributed by atoms with Gasteiger partial charge in [0.1, 0.15) is 0 Å². The van der Waals surface area contributed by atoms with Gasteiger partial charge in [0.05, 0.1) is 10.0 Å². The first-order valence-corrected chi connectivity index (χ1v) is 10.0. The standard InChI is InChI=1S/C17H17Cl2N3O5S/c1-7(23)24-11-12(25-15-13(11)26-17(2,3)27-15)14-21-22-16(28-14)20-8-4-5-9(18)10(19)6-8/h4-6,11-13,15H,1-3H3,(H,20,22)/t11-,12-,13+,15+/m0/s1. The summed E-state index contributed by atoms with van der Waals surface area (Å²) in [6, 6.07) is 5.15. The van der Waals surface area contributed by atoms with Crippen LogP contribution in [0.25, 0.3) is 0 Å². The molecular weight excluding hydrogens is 429 g/mol. The third kappa shape index (κ3) is 3.96. The van der Waals surface area contributed by atoms with E-state index in [2.05, 4.69) is 15.5 Å². The third-order valence-corrected chi connectivity index (χ3v) is 5.79. The number of ether oxygens (including phenoxy) is 4. The smallest absolute Gasteiger partial charge is 0.303 e. The number of halogens is 2. The molecule has 2 aromatic rings.